The van der Waals surface area contributed by atoms with Crippen LogP contribution in [0.15, 0.2) is 0 Å². The van der Waals surface area contributed by atoms with E-state index < -0.39 is 0 Å². The lowest BCUT2D eigenvalue weighted by Gasteiger charge is -2.24. The number of hydrogen-bond acceptors (Lipinski definition) is 4. The van der Waals surface area contributed by atoms with Gasteiger partial charge in [-0.05, 0) is 31.8 Å². The standard InChI is InChI=1S/C13H19BO2S2/c1-3-12-11-6-10(8-16-17-5-4-14)7-15-13(11)9(2)18-12/h10H,3-8H2,1-2H3. The molecule has 1 unspecified atom stereocenters. The van der Waals surface area contributed by atoms with Crippen LogP contribution in [-0.2, 0) is 17.0 Å². The molecule has 1 aliphatic rings. The summed E-state index contributed by atoms with van der Waals surface area (Å²) in [5, 5.41) is 0. The van der Waals surface area contributed by atoms with Crippen molar-refractivity contribution in [2.45, 2.75) is 33.0 Å². The van der Waals surface area contributed by atoms with E-state index in [2.05, 4.69) is 13.8 Å². The molecule has 2 heterocycles. The van der Waals surface area contributed by atoms with Crippen molar-refractivity contribution < 1.29 is 8.92 Å². The fourth-order valence-corrected chi connectivity index (χ4v) is 3.81. The lowest BCUT2D eigenvalue weighted by atomic mass is 9.97. The van der Waals surface area contributed by atoms with Gasteiger partial charge in [-0.15, -0.1) is 11.3 Å². The largest absolute Gasteiger partial charge is 0.492 e. The molecule has 18 heavy (non-hydrogen) atoms. The van der Waals surface area contributed by atoms with Crippen LogP contribution in [0.3, 0.4) is 0 Å². The molecule has 0 saturated carbocycles. The molecule has 98 valence electrons. The minimum Gasteiger partial charge on any atom is -0.492 e. The summed E-state index contributed by atoms with van der Waals surface area (Å²) in [5.74, 6) is 2.47. The predicted molar refractivity (Wildman–Crippen MR) is 80.1 cm³/mol. The first kappa shape index (κ1) is 14.3. The van der Waals surface area contributed by atoms with Crippen molar-refractivity contribution in [2.24, 2.45) is 5.92 Å². The summed E-state index contributed by atoms with van der Waals surface area (Å²) in [6.45, 7) is 5.89. The van der Waals surface area contributed by atoms with Gasteiger partial charge in [-0.2, -0.15) is 0 Å². The molecule has 0 N–H and O–H groups in total. The van der Waals surface area contributed by atoms with E-state index in [-0.39, 0.29) is 0 Å². The highest BCUT2D eigenvalue weighted by Crippen LogP contribution is 2.39. The van der Waals surface area contributed by atoms with Crippen LogP contribution in [0.1, 0.15) is 22.2 Å². The van der Waals surface area contributed by atoms with E-state index in [0.717, 1.165) is 37.6 Å². The molecule has 2 radical (unpaired) electrons. The minimum absolute atomic E-state index is 0.474. The minimum atomic E-state index is 0.474. The first-order chi connectivity index (χ1) is 8.76. The Labute approximate surface area is 119 Å². The molecule has 2 nitrogen and oxygen atoms in total. The van der Waals surface area contributed by atoms with Crippen molar-refractivity contribution in [2.75, 3.05) is 19.0 Å². The van der Waals surface area contributed by atoms with Gasteiger partial charge in [-0.25, -0.2) is 0 Å². The predicted octanol–water partition coefficient (Wildman–Crippen LogP) is 3.42. The topological polar surface area (TPSA) is 18.5 Å². The van der Waals surface area contributed by atoms with Gasteiger partial charge in [0.05, 0.1) is 21.1 Å². The van der Waals surface area contributed by atoms with Crippen LogP contribution in [0, 0.1) is 12.8 Å². The average Bonchev–Trinajstić information content (AvgIpc) is 2.71. The maximum absolute atomic E-state index is 5.90. The summed E-state index contributed by atoms with van der Waals surface area (Å²) in [5.41, 5.74) is 1.42. The summed E-state index contributed by atoms with van der Waals surface area (Å²) >= 11 is 3.34. The highest BCUT2D eigenvalue weighted by atomic mass is 32.2. The number of hydrogen-bond donors (Lipinski definition) is 0. The summed E-state index contributed by atoms with van der Waals surface area (Å²) in [7, 11) is 5.43. The second kappa shape index (κ2) is 6.87. The van der Waals surface area contributed by atoms with Gasteiger partial charge in [0.15, 0.2) is 0 Å². The number of fused-ring (bicyclic) bond motifs is 1. The molecule has 0 amide bonds. The van der Waals surface area contributed by atoms with Crippen molar-refractivity contribution in [3.05, 3.63) is 15.3 Å². The molecule has 0 bridgehead atoms. The van der Waals surface area contributed by atoms with Gasteiger partial charge >= 0.3 is 0 Å². The zero-order valence-electron chi connectivity index (χ0n) is 11.0. The Kier molecular flexibility index (Phi) is 5.46. The molecule has 1 aromatic heterocycles. The highest BCUT2D eigenvalue weighted by Gasteiger charge is 2.25. The Morgan fingerprint density at radius 2 is 2.39 bits per heavy atom. The van der Waals surface area contributed by atoms with Gasteiger partial charge in [0.1, 0.15) is 5.75 Å². The Morgan fingerprint density at radius 3 is 3.11 bits per heavy atom. The summed E-state index contributed by atoms with van der Waals surface area (Å²) in [6, 6.07) is 0. The average molecular weight is 282 g/mol. The molecular weight excluding hydrogens is 263 g/mol. The zero-order chi connectivity index (χ0) is 13.0. The van der Waals surface area contributed by atoms with Crippen molar-refractivity contribution >= 4 is 31.2 Å². The van der Waals surface area contributed by atoms with E-state index in [9.17, 15) is 0 Å². The SMILES string of the molecule is [B]CCSOCC1COc2c(C)sc(CC)c2C1. The maximum atomic E-state index is 5.90. The van der Waals surface area contributed by atoms with Gasteiger partial charge in [-0.3, -0.25) is 0 Å². The second-order valence-electron chi connectivity index (χ2n) is 4.52. The Bertz CT molecular complexity index is 393. The zero-order valence-corrected chi connectivity index (χ0v) is 12.7. The summed E-state index contributed by atoms with van der Waals surface area (Å²) in [4.78, 5) is 2.79. The first-order valence-corrected chi connectivity index (χ1v) is 8.17. The molecule has 0 spiro atoms. The molecule has 1 aliphatic heterocycles. The van der Waals surface area contributed by atoms with Crippen LogP contribution < -0.4 is 4.74 Å². The first-order valence-electron chi connectivity index (χ1n) is 6.44. The van der Waals surface area contributed by atoms with Crippen LogP contribution in [0.5, 0.6) is 5.75 Å². The van der Waals surface area contributed by atoms with Crippen molar-refractivity contribution in [1.82, 2.24) is 0 Å². The van der Waals surface area contributed by atoms with Gasteiger partial charge < -0.3 is 8.92 Å². The third-order valence-corrected chi connectivity index (χ3v) is 5.05. The van der Waals surface area contributed by atoms with Crippen LogP contribution in [0.2, 0.25) is 6.32 Å². The molecule has 2 rings (SSSR count). The van der Waals surface area contributed by atoms with Crippen LogP contribution >= 0.6 is 23.4 Å². The van der Waals surface area contributed by atoms with Crippen molar-refractivity contribution in [3.8, 4) is 5.75 Å². The molecule has 0 aromatic carbocycles. The maximum Gasteiger partial charge on any atom is 0.136 e. The van der Waals surface area contributed by atoms with Crippen LogP contribution in [-0.4, -0.2) is 26.8 Å². The summed E-state index contributed by atoms with van der Waals surface area (Å²) in [6.07, 6.45) is 2.85. The number of rotatable bonds is 6. The molecule has 5 heteroatoms. The van der Waals surface area contributed by atoms with Crippen molar-refractivity contribution in [1.29, 1.82) is 0 Å². The number of aryl methyl sites for hydroxylation is 2. The van der Waals surface area contributed by atoms with Crippen LogP contribution in [0.25, 0.3) is 0 Å². The third-order valence-electron chi connectivity index (χ3n) is 3.07. The van der Waals surface area contributed by atoms with Gasteiger partial charge in [0.2, 0.25) is 0 Å². The quantitative estimate of drug-likeness (QED) is 0.452. The van der Waals surface area contributed by atoms with Gasteiger partial charge in [0.25, 0.3) is 0 Å². The van der Waals surface area contributed by atoms with E-state index in [0.29, 0.717) is 12.2 Å². The lowest BCUT2D eigenvalue weighted by Crippen LogP contribution is -2.24. The molecule has 0 saturated heterocycles. The Morgan fingerprint density at radius 1 is 1.56 bits per heavy atom. The van der Waals surface area contributed by atoms with E-state index in [1.165, 1.54) is 27.4 Å². The Balaban J connectivity index is 1.92. The fraction of sp³-hybridized carbons (Fsp3) is 0.692. The Hall–Kier alpha value is -0.125. The lowest BCUT2D eigenvalue weighted by molar-refractivity contribution is 0.172. The molecule has 0 fully saturated rings. The van der Waals surface area contributed by atoms with E-state index in [1.807, 2.05) is 11.3 Å². The molecule has 1 aromatic rings. The van der Waals surface area contributed by atoms with Crippen molar-refractivity contribution in [3.63, 3.8) is 0 Å². The van der Waals surface area contributed by atoms with Crippen LogP contribution in [0.4, 0.5) is 0 Å². The third kappa shape index (κ3) is 3.25. The summed E-state index contributed by atoms with van der Waals surface area (Å²) < 4.78 is 11.5. The fourth-order valence-electron chi connectivity index (χ4n) is 2.22. The molecule has 1 atom stereocenters. The van der Waals surface area contributed by atoms with Gasteiger partial charge in [-0.1, -0.05) is 13.2 Å². The van der Waals surface area contributed by atoms with E-state index >= 15 is 0 Å². The van der Waals surface area contributed by atoms with E-state index in [4.69, 9.17) is 16.8 Å². The highest BCUT2D eigenvalue weighted by molar-refractivity contribution is 7.94. The van der Waals surface area contributed by atoms with E-state index in [1.54, 1.807) is 0 Å². The number of ether oxygens (including phenoxy) is 1. The number of thiophene rings is 1. The normalized spacial score (nSPS) is 18.4. The second-order valence-corrected chi connectivity index (χ2v) is 6.71. The smallest absolute Gasteiger partial charge is 0.136 e. The monoisotopic (exact) mass is 282 g/mol. The van der Waals surface area contributed by atoms with Gasteiger partial charge in [0, 0.05) is 27.0 Å². The molecular formula is C13H19BO2S2. The molecule has 0 aliphatic carbocycles.